The van der Waals surface area contributed by atoms with Crippen molar-refractivity contribution in [1.82, 2.24) is 4.90 Å². The molecule has 0 spiro atoms. The summed E-state index contributed by atoms with van der Waals surface area (Å²) in [5.74, 6) is 0. The molecule has 110 valence electrons. The summed E-state index contributed by atoms with van der Waals surface area (Å²) in [5.41, 5.74) is 0. The highest BCUT2D eigenvalue weighted by Gasteiger charge is 2.11. The lowest BCUT2D eigenvalue weighted by atomic mass is 10.2. The molecule has 0 saturated carbocycles. The standard InChI is InChI=1S/C7H15N.C6H16O3Si/c1-2-3-5-8-6-4-7-8;1-4-7-10(8-5-2)9-6-3/h2-7H2,1H3;10H,4-6H2,1-3H3. The zero-order valence-corrected chi connectivity index (χ0v) is 13.8. The average molecular weight is 277 g/mol. The number of nitrogens with zero attached hydrogens (tertiary/aromatic N) is 1. The fourth-order valence-corrected chi connectivity index (χ4v) is 2.64. The molecule has 0 bridgehead atoms. The Balaban J connectivity index is 0.000000327. The van der Waals surface area contributed by atoms with Crippen LogP contribution in [0.25, 0.3) is 0 Å². The molecule has 0 atom stereocenters. The third-order valence-electron chi connectivity index (χ3n) is 2.68. The summed E-state index contributed by atoms with van der Waals surface area (Å²) in [6, 6.07) is 0. The van der Waals surface area contributed by atoms with E-state index in [1.165, 1.54) is 38.9 Å². The van der Waals surface area contributed by atoms with Gasteiger partial charge < -0.3 is 18.2 Å². The van der Waals surface area contributed by atoms with Crippen molar-refractivity contribution in [3.8, 4) is 0 Å². The summed E-state index contributed by atoms with van der Waals surface area (Å²) >= 11 is 0. The number of unbranched alkanes of at least 4 members (excludes halogenated alkanes) is 1. The Morgan fingerprint density at radius 2 is 1.39 bits per heavy atom. The second kappa shape index (κ2) is 13.5. The Bertz CT molecular complexity index is 154. The normalized spacial score (nSPS) is 15.2. The fourth-order valence-electron chi connectivity index (χ4n) is 1.54. The fraction of sp³-hybridized carbons (Fsp3) is 1.00. The maximum Gasteiger partial charge on any atom is 0.484 e. The number of rotatable bonds is 9. The molecule has 0 N–H and O–H groups in total. The smallest absolute Gasteiger partial charge is 0.376 e. The van der Waals surface area contributed by atoms with E-state index < -0.39 is 9.53 Å². The van der Waals surface area contributed by atoms with Crippen LogP contribution in [0.15, 0.2) is 0 Å². The number of hydrogen-bond donors (Lipinski definition) is 0. The van der Waals surface area contributed by atoms with Gasteiger partial charge >= 0.3 is 9.53 Å². The van der Waals surface area contributed by atoms with E-state index in [9.17, 15) is 0 Å². The molecule has 1 aliphatic rings. The van der Waals surface area contributed by atoms with Gasteiger partial charge in [-0.15, -0.1) is 0 Å². The molecule has 1 saturated heterocycles. The summed E-state index contributed by atoms with van der Waals surface area (Å²) in [6.45, 7) is 14.2. The van der Waals surface area contributed by atoms with Crippen molar-refractivity contribution in [2.24, 2.45) is 0 Å². The van der Waals surface area contributed by atoms with Crippen molar-refractivity contribution >= 4 is 9.53 Å². The SMILES string of the molecule is CCCCN1CCC1.CCO[SiH](OCC)OCC. The van der Waals surface area contributed by atoms with Crippen LogP contribution >= 0.6 is 0 Å². The van der Waals surface area contributed by atoms with E-state index in [0.29, 0.717) is 19.8 Å². The van der Waals surface area contributed by atoms with E-state index in [-0.39, 0.29) is 0 Å². The minimum atomic E-state index is -1.73. The lowest BCUT2D eigenvalue weighted by Crippen LogP contribution is -2.37. The zero-order chi connectivity index (χ0) is 13.6. The first-order valence-electron chi connectivity index (χ1n) is 7.35. The Kier molecular flexibility index (Phi) is 13.5. The molecule has 5 heteroatoms. The predicted octanol–water partition coefficient (Wildman–Crippen LogP) is 2.31. The molecular weight excluding hydrogens is 246 g/mol. The maximum atomic E-state index is 5.22. The summed E-state index contributed by atoms with van der Waals surface area (Å²) in [5, 5.41) is 0. The Labute approximate surface area is 115 Å². The van der Waals surface area contributed by atoms with Gasteiger partial charge in [0, 0.05) is 19.8 Å². The van der Waals surface area contributed by atoms with Gasteiger partial charge in [0.15, 0.2) is 0 Å². The van der Waals surface area contributed by atoms with Crippen LogP contribution in [-0.2, 0) is 13.3 Å². The van der Waals surface area contributed by atoms with Crippen molar-refractivity contribution in [3.63, 3.8) is 0 Å². The predicted molar refractivity (Wildman–Crippen MR) is 78.0 cm³/mol. The first-order chi connectivity index (χ1) is 8.78. The number of hydrogen-bond acceptors (Lipinski definition) is 4. The van der Waals surface area contributed by atoms with Crippen molar-refractivity contribution in [2.75, 3.05) is 39.5 Å². The number of likely N-dealkylation sites (tertiary alicyclic amines) is 1. The highest BCUT2D eigenvalue weighted by Crippen LogP contribution is 2.06. The molecule has 0 aromatic heterocycles. The Hall–Kier alpha value is 0.0569. The van der Waals surface area contributed by atoms with Crippen LogP contribution in [0.3, 0.4) is 0 Å². The molecule has 1 aliphatic heterocycles. The van der Waals surface area contributed by atoms with Gasteiger partial charge in [0.05, 0.1) is 0 Å². The van der Waals surface area contributed by atoms with Crippen molar-refractivity contribution < 1.29 is 13.3 Å². The van der Waals surface area contributed by atoms with E-state index in [2.05, 4.69) is 11.8 Å². The lowest BCUT2D eigenvalue weighted by molar-refractivity contribution is 0.107. The quantitative estimate of drug-likeness (QED) is 0.605. The van der Waals surface area contributed by atoms with E-state index in [1.807, 2.05) is 20.8 Å². The van der Waals surface area contributed by atoms with Gasteiger partial charge in [-0.05, 0) is 53.2 Å². The van der Waals surface area contributed by atoms with E-state index in [4.69, 9.17) is 13.3 Å². The van der Waals surface area contributed by atoms with Gasteiger partial charge in [0.25, 0.3) is 0 Å². The van der Waals surface area contributed by atoms with Crippen molar-refractivity contribution in [2.45, 2.75) is 47.0 Å². The molecule has 0 aromatic carbocycles. The molecule has 1 heterocycles. The second-order valence-corrected chi connectivity index (χ2v) is 5.78. The average Bonchev–Trinajstić information content (AvgIpc) is 2.29. The molecule has 0 aromatic rings. The van der Waals surface area contributed by atoms with Gasteiger partial charge in [-0.2, -0.15) is 0 Å². The van der Waals surface area contributed by atoms with Gasteiger partial charge in [-0.25, -0.2) is 0 Å². The Morgan fingerprint density at radius 3 is 1.67 bits per heavy atom. The van der Waals surface area contributed by atoms with Gasteiger partial charge in [-0.3, -0.25) is 0 Å². The van der Waals surface area contributed by atoms with Gasteiger partial charge in [0.2, 0.25) is 0 Å². The minimum absolute atomic E-state index is 0.677. The molecule has 18 heavy (non-hydrogen) atoms. The molecule has 0 aliphatic carbocycles. The molecule has 0 unspecified atom stereocenters. The summed E-state index contributed by atoms with van der Waals surface area (Å²) in [6.07, 6.45) is 4.17. The minimum Gasteiger partial charge on any atom is -0.376 e. The van der Waals surface area contributed by atoms with Crippen LogP contribution in [0.4, 0.5) is 0 Å². The van der Waals surface area contributed by atoms with Crippen LogP contribution in [0.1, 0.15) is 47.0 Å². The highest BCUT2D eigenvalue weighted by atomic mass is 28.3. The van der Waals surface area contributed by atoms with E-state index >= 15 is 0 Å². The summed E-state index contributed by atoms with van der Waals surface area (Å²) < 4.78 is 15.7. The van der Waals surface area contributed by atoms with Crippen molar-refractivity contribution in [1.29, 1.82) is 0 Å². The van der Waals surface area contributed by atoms with E-state index in [1.54, 1.807) is 0 Å². The molecule has 1 rings (SSSR count). The van der Waals surface area contributed by atoms with Crippen LogP contribution in [0, 0.1) is 0 Å². The maximum absolute atomic E-state index is 5.22. The van der Waals surface area contributed by atoms with Crippen LogP contribution < -0.4 is 0 Å². The highest BCUT2D eigenvalue weighted by molar-refractivity contribution is 6.36. The lowest BCUT2D eigenvalue weighted by Gasteiger charge is -2.30. The van der Waals surface area contributed by atoms with Crippen LogP contribution in [0.5, 0.6) is 0 Å². The summed E-state index contributed by atoms with van der Waals surface area (Å²) in [7, 11) is -1.73. The molecule has 0 amide bonds. The van der Waals surface area contributed by atoms with Crippen LogP contribution in [-0.4, -0.2) is 53.9 Å². The molecule has 1 fully saturated rings. The summed E-state index contributed by atoms with van der Waals surface area (Å²) in [4.78, 5) is 2.52. The van der Waals surface area contributed by atoms with Gasteiger partial charge in [0.1, 0.15) is 0 Å². The monoisotopic (exact) mass is 277 g/mol. The largest absolute Gasteiger partial charge is 0.484 e. The first kappa shape index (κ1) is 18.1. The zero-order valence-electron chi connectivity index (χ0n) is 12.6. The molecule has 0 radical (unpaired) electrons. The Morgan fingerprint density at radius 1 is 0.889 bits per heavy atom. The first-order valence-corrected chi connectivity index (χ1v) is 8.76. The van der Waals surface area contributed by atoms with Gasteiger partial charge in [-0.1, -0.05) is 13.3 Å². The van der Waals surface area contributed by atoms with E-state index in [0.717, 1.165) is 0 Å². The topological polar surface area (TPSA) is 30.9 Å². The molecule has 4 nitrogen and oxygen atoms in total. The van der Waals surface area contributed by atoms with Crippen molar-refractivity contribution in [3.05, 3.63) is 0 Å². The second-order valence-electron chi connectivity index (χ2n) is 4.20. The van der Waals surface area contributed by atoms with Crippen LogP contribution in [0.2, 0.25) is 0 Å². The molecular formula is C13H31NO3Si. The third-order valence-corrected chi connectivity index (χ3v) is 4.50. The third kappa shape index (κ3) is 10.0.